The predicted octanol–water partition coefficient (Wildman–Crippen LogP) is 1.00. The SMILES string of the molecule is CN=C(NCc1nc(C)no1)N1CCC(Oc2ccccn2)C1. The molecule has 0 amide bonds. The predicted molar refractivity (Wildman–Crippen MR) is 84.1 cm³/mol. The lowest BCUT2D eigenvalue weighted by Crippen LogP contribution is -2.40. The molecule has 23 heavy (non-hydrogen) atoms. The minimum Gasteiger partial charge on any atom is -0.472 e. The molecule has 0 aromatic carbocycles. The number of aromatic nitrogens is 3. The Morgan fingerprint density at radius 2 is 2.43 bits per heavy atom. The lowest BCUT2D eigenvalue weighted by molar-refractivity contribution is 0.205. The minimum absolute atomic E-state index is 0.106. The highest BCUT2D eigenvalue weighted by atomic mass is 16.5. The summed E-state index contributed by atoms with van der Waals surface area (Å²) in [4.78, 5) is 14.8. The molecule has 0 saturated carbocycles. The van der Waals surface area contributed by atoms with Gasteiger partial charge in [-0.05, 0) is 13.0 Å². The molecule has 3 heterocycles. The van der Waals surface area contributed by atoms with E-state index in [-0.39, 0.29) is 6.10 Å². The number of hydrogen-bond donors (Lipinski definition) is 1. The lowest BCUT2D eigenvalue weighted by atomic mass is 10.3. The molecule has 0 bridgehead atoms. The second-order valence-corrected chi connectivity index (χ2v) is 5.28. The molecule has 2 aromatic heterocycles. The molecular weight excluding hydrogens is 296 g/mol. The number of hydrogen-bond acceptors (Lipinski definition) is 6. The van der Waals surface area contributed by atoms with Gasteiger partial charge in [-0.3, -0.25) is 4.99 Å². The zero-order valence-corrected chi connectivity index (χ0v) is 13.3. The van der Waals surface area contributed by atoms with Crippen molar-refractivity contribution in [1.82, 2.24) is 25.3 Å². The van der Waals surface area contributed by atoms with Gasteiger partial charge in [-0.2, -0.15) is 4.98 Å². The highest BCUT2D eigenvalue weighted by Crippen LogP contribution is 2.16. The van der Waals surface area contributed by atoms with Gasteiger partial charge < -0.3 is 19.5 Å². The van der Waals surface area contributed by atoms with Crippen molar-refractivity contribution in [2.24, 2.45) is 4.99 Å². The van der Waals surface area contributed by atoms with Crippen LogP contribution in [0.1, 0.15) is 18.1 Å². The van der Waals surface area contributed by atoms with Crippen molar-refractivity contribution in [3.8, 4) is 5.88 Å². The van der Waals surface area contributed by atoms with Gasteiger partial charge in [0.1, 0.15) is 6.10 Å². The van der Waals surface area contributed by atoms with Gasteiger partial charge in [0.15, 0.2) is 11.8 Å². The van der Waals surface area contributed by atoms with Gasteiger partial charge in [-0.15, -0.1) is 0 Å². The zero-order chi connectivity index (χ0) is 16.1. The molecule has 1 fully saturated rings. The van der Waals surface area contributed by atoms with Gasteiger partial charge >= 0.3 is 0 Å². The van der Waals surface area contributed by atoms with E-state index in [0.717, 1.165) is 25.5 Å². The van der Waals surface area contributed by atoms with E-state index in [0.29, 0.717) is 24.1 Å². The number of aliphatic imine (C=N–C) groups is 1. The largest absolute Gasteiger partial charge is 0.472 e. The molecule has 8 heteroatoms. The monoisotopic (exact) mass is 316 g/mol. The zero-order valence-electron chi connectivity index (χ0n) is 13.3. The summed E-state index contributed by atoms with van der Waals surface area (Å²) in [6.45, 7) is 3.89. The number of ether oxygens (including phenoxy) is 1. The van der Waals surface area contributed by atoms with Crippen LogP contribution in [0.25, 0.3) is 0 Å². The lowest BCUT2D eigenvalue weighted by Gasteiger charge is -2.21. The molecule has 1 N–H and O–H groups in total. The van der Waals surface area contributed by atoms with Crippen molar-refractivity contribution in [3.05, 3.63) is 36.1 Å². The number of rotatable bonds is 4. The van der Waals surface area contributed by atoms with Crippen molar-refractivity contribution in [1.29, 1.82) is 0 Å². The van der Waals surface area contributed by atoms with Gasteiger partial charge in [-0.1, -0.05) is 11.2 Å². The van der Waals surface area contributed by atoms with Crippen molar-refractivity contribution < 1.29 is 9.26 Å². The second-order valence-electron chi connectivity index (χ2n) is 5.28. The third kappa shape index (κ3) is 3.97. The van der Waals surface area contributed by atoms with E-state index in [1.165, 1.54) is 0 Å². The Hall–Kier alpha value is -2.64. The van der Waals surface area contributed by atoms with Crippen LogP contribution in [-0.4, -0.2) is 52.2 Å². The first-order valence-electron chi connectivity index (χ1n) is 7.57. The Labute approximate surface area is 134 Å². The van der Waals surface area contributed by atoms with E-state index in [2.05, 4.69) is 30.3 Å². The molecule has 1 saturated heterocycles. The van der Waals surface area contributed by atoms with E-state index in [9.17, 15) is 0 Å². The summed E-state index contributed by atoms with van der Waals surface area (Å²) in [5.74, 6) is 2.63. The summed E-state index contributed by atoms with van der Waals surface area (Å²) in [6, 6.07) is 5.66. The van der Waals surface area contributed by atoms with Gasteiger partial charge in [-0.25, -0.2) is 4.98 Å². The Balaban J connectivity index is 1.52. The quantitative estimate of drug-likeness (QED) is 0.665. The van der Waals surface area contributed by atoms with Crippen LogP contribution in [0.2, 0.25) is 0 Å². The molecule has 122 valence electrons. The van der Waals surface area contributed by atoms with Crippen LogP contribution in [0, 0.1) is 6.92 Å². The summed E-state index contributed by atoms with van der Waals surface area (Å²) in [6.07, 6.45) is 2.76. The van der Waals surface area contributed by atoms with Crippen molar-refractivity contribution >= 4 is 5.96 Å². The first kappa shape index (κ1) is 15.3. The van der Waals surface area contributed by atoms with Gasteiger partial charge in [0, 0.05) is 32.3 Å². The van der Waals surface area contributed by atoms with Crippen LogP contribution in [0.15, 0.2) is 33.9 Å². The first-order chi connectivity index (χ1) is 11.2. The number of pyridine rings is 1. The molecule has 1 aliphatic heterocycles. The Morgan fingerprint density at radius 3 is 3.13 bits per heavy atom. The molecule has 0 aliphatic carbocycles. The number of aryl methyl sites for hydroxylation is 1. The van der Waals surface area contributed by atoms with Crippen LogP contribution < -0.4 is 10.1 Å². The number of likely N-dealkylation sites (tertiary alicyclic amines) is 1. The molecule has 0 radical (unpaired) electrons. The minimum atomic E-state index is 0.106. The fraction of sp³-hybridized carbons (Fsp3) is 0.467. The fourth-order valence-electron chi connectivity index (χ4n) is 2.50. The van der Waals surface area contributed by atoms with E-state index >= 15 is 0 Å². The summed E-state index contributed by atoms with van der Waals surface area (Å²) < 4.78 is 11.0. The Morgan fingerprint density at radius 1 is 1.52 bits per heavy atom. The highest BCUT2D eigenvalue weighted by molar-refractivity contribution is 5.80. The normalized spacial score (nSPS) is 18.3. The first-order valence-corrected chi connectivity index (χ1v) is 7.57. The smallest absolute Gasteiger partial charge is 0.246 e. The van der Waals surface area contributed by atoms with Crippen LogP contribution in [0.4, 0.5) is 0 Å². The molecule has 1 unspecified atom stereocenters. The van der Waals surface area contributed by atoms with Crippen molar-refractivity contribution in [2.75, 3.05) is 20.1 Å². The van der Waals surface area contributed by atoms with Gasteiger partial charge in [0.05, 0.1) is 13.1 Å². The topological polar surface area (TPSA) is 88.7 Å². The van der Waals surface area contributed by atoms with Gasteiger partial charge in [0.25, 0.3) is 0 Å². The second kappa shape index (κ2) is 7.08. The average Bonchev–Trinajstić information content (AvgIpc) is 3.19. The fourth-order valence-corrected chi connectivity index (χ4v) is 2.50. The molecule has 3 rings (SSSR count). The summed E-state index contributed by atoms with van der Waals surface area (Å²) in [5.41, 5.74) is 0. The maximum absolute atomic E-state index is 5.89. The van der Waals surface area contributed by atoms with E-state index in [1.54, 1.807) is 20.2 Å². The van der Waals surface area contributed by atoms with E-state index in [4.69, 9.17) is 9.26 Å². The van der Waals surface area contributed by atoms with Crippen LogP contribution in [0.3, 0.4) is 0 Å². The van der Waals surface area contributed by atoms with Crippen molar-refractivity contribution in [2.45, 2.75) is 26.0 Å². The van der Waals surface area contributed by atoms with Crippen molar-refractivity contribution in [3.63, 3.8) is 0 Å². The average molecular weight is 316 g/mol. The number of nitrogens with zero attached hydrogens (tertiary/aromatic N) is 5. The van der Waals surface area contributed by atoms with Crippen LogP contribution in [0.5, 0.6) is 5.88 Å². The number of nitrogens with one attached hydrogen (secondary N) is 1. The summed E-state index contributed by atoms with van der Waals surface area (Å²) >= 11 is 0. The van der Waals surface area contributed by atoms with Crippen LogP contribution >= 0.6 is 0 Å². The van der Waals surface area contributed by atoms with E-state index < -0.39 is 0 Å². The Bertz CT molecular complexity index is 657. The standard InChI is InChI=1S/C15H20N6O2/c1-11-19-14(23-20-11)9-18-15(16-2)21-8-6-12(10-21)22-13-5-3-4-7-17-13/h3-5,7,12H,6,8-10H2,1-2H3,(H,16,18). The number of guanidine groups is 1. The molecule has 2 aromatic rings. The van der Waals surface area contributed by atoms with Crippen LogP contribution in [-0.2, 0) is 6.54 Å². The summed E-state index contributed by atoms with van der Waals surface area (Å²) in [5, 5.41) is 7.00. The summed E-state index contributed by atoms with van der Waals surface area (Å²) in [7, 11) is 1.76. The third-order valence-electron chi connectivity index (χ3n) is 3.55. The maximum Gasteiger partial charge on any atom is 0.246 e. The molecule has 0 spiro atoms. The third-order valence-corrected chi connectivity index (χ3v) is 3.55. The molecular formula is C15H20N6O2. The Kier molecular flexibility index (Phi) is 4.70. The molecule has 1 aliphatic rings. The van der Waals surface area contributed by atoms with E-state index in [1.807, 2.05) is 18.2 Å². The highest BCUT2D eigenvalue weighted by Gasteiger charge is 2.26. The van der Waals surface area contributed by atoms with Gasteiger partial charge in [0.2, 0.25) is 11.8 Å². The molecule has 8 nitrogen and oxygen atoms in total. The maximum atomic E-state index is 5.89. The molecule has 1 atom stereocenters.